The maximum atomic E-state index is 12.8. The van der Waals surface area contributed by atoms with Gasteiger partial charge in [0.25, 0.3) is 0 Å². The van der Waals surface area contributed by atoms with Gasteiger partial charge in [0.15, 0.2) is 0 Å². The molecule has 1 atom stereocenters. The van der Waals surface area contributed by atoms with E-state index in [-0.39, 0.29) is 5.82 Å². The Balaban J connectivity index is 2.68. The van der Waals surface area contributed by atoms with E-state index in [2.05, 4.69) is 18.8 Å². The first-order valence-electron chi connectivity index (χ1n) is 5.76. The Bertz CT molecular complexity index is 329. The number of nitrogens with one attached hydrogen (secondary N) is 1. The van der Waals surface area contributed by atoms with Crippen molar-refractivity contribution in [3.8, 4) is 0 Å². The molecular weight excluding hydrogens is 201 g/mol. The zero-order valence-electron chi connectivity index (χ0n) is 10.1. The Morgan fingerprint density at radius 2 is 2.00 bits per heavy atom. The second kappa shape index (κ2) is 6.44. The highest BCUT2D eigenvalue weighted by atomic mass is 19.1. The molecule has 0 spiro atoms. The molecule has 1 aromatic carbocycles. The van der Waals surface area contributed by atoms with Gasteiger partial charge in [0.2, 0.25) is 0 Å². The minimum absolute atomic E-state index is 0.182. The van der Waals surface area contributed by atoms with Crippen LogP contribution < -0.4 is 5.32 Å². The fraction of sp³-hybridized carbons (Fsp3) is 0.429. The van der Waals surface area contributed by atoms with Crippen LogP contribution in [0.4, 0.5) is 4.39 Å². The van der Waals surface area contributed by atoms with Crippen molar-refractivity contribution in [3.63, 3.8) is 0 Å². The summed E-state index contributed by atoms with van der Waals surface area (Å²) in [7, 11) is 0. The van der Waals surface area contributed by atoms with Crippen molar-refractivity contribution in [2.24, 2.45) is 0 Å². The van der Waals surface area contributed by atoms with Crippen LogP contribution in [0.2, 0.25) is 0 Å². The number of benzene rings is 1. The molecule has 0 aliphatic carbocycles. The van der Waals surface area contributed by atoms with Gasteiger partial charge < -0.3 is 5.32 Å². The molecule has 2 heteroatoms. The first-order chi connectivity index (χ1) is 7.63. The Hall–Kier alpha value is -1.15. The molecule has 0 saturated heterocycles. The number of rotatable bonds is 6. The summed E-state index contributed by atoms with van der Waals surface area (Å²) < 4.78 is 12.8. The molecule has 88 valence electrons. The maximum Gasteiger partial charge on any atom is 0.123 e. The van der Waals surface area contributed by atoms with Gasteiger partial charge in [0.05, 0.1) is 0 Å². The number of hydrogen-bond acceptors (Lipinski definition) is 1. The van der Waals surface area contributed by atoms with Crippen molar-refractivity contribution in [3.05, 3.63) is 47.8 Å². The Morgan fingerprint density at radius 3 is 2.50 bits per heavy atom. The van der Waals surface area contributed by atoms with Crippen molar-refractivity contribution < 1.29 is 4.39 Å². The lowest BCUT2D eigenvalue weighted by atomic mass is 10.00. The molecule has 0 aliphatic rings. The smallest absolute Gasteiger partial charge is 0.123 e. The largest absolute Gasteiger partial charge is 0.310 e. The average molecular weight is 221 g/mol. The van der Waals surface area contributed by atoms with Crippen LogP contribution in [0.15, 0.2) is 36.4 Å². The first-order valence-corrected chi connectivity index (χ1v) is 5.76. The second-order valence-corrected chi connectivity index (χ2v) is 4.16. The molecular formula is C14H20FN. The first kappa shape index (κ1) is 12.9. The second-order valence-electron chi connectivity index (χ2n) is 4.16. The van der Waals surface area contributed by atoms with Crippen LogP contribution in [0.5, 0.6) is 0 Å². The van der Waals surface area contributed by atoms with Crippen molar-refractivity contribution in [1.82, 2.24) is 5.32 Å². The fourth-order valence-electron chi connectivity index (χ4n) is 1.72. The zero-order valence-corrected chi connectivity index (χ0v) is 10.1. The maximum absolute atomic E-state index is 12.8. The van der Waals surface area contributed by atoms with Gasteiger partial charge in [0, 0.05) is 6.04 Å². The summed E-state index contributed by atoms with van der Waals surface area (Å²) in [6.07, 6.45) is 2.00. The van der Waals surface area contributed by atoms with Gasteiger partial charge >= 0.3 is 0 Å². The highest BCUT2D eigenvalue weighted by Gasteiger charge is 2.09. The van der Waals surface area contributed by atoms with Crippen LogP contribution >= 0.6 is 0 Å². The lowest BCUT2D eigenvalue weighted by Gasteiger charge is -2.18. The van der Waals surface area contributed by atoms with Crippen LogP contribution in [0.1, 0.15) is 38.3 Å². The van der Waals surface area contributed by atoms with Crippen LogP contribution in [-0.2, 0) is 0 Å². The quantitative estimate of drug-likeness (QED) is 0.720. The van der Waals surface area contributed by atoms with E-state index in [0.717, 1.165) is 24.9 Å². The van der Waals surface area contributed by atoms with E-state index in [0.29, 0.717) is 6.04 Å². The number of halogens is 1. The van der Waals surface area contributed by atoms with E-state index >= 15 is 0 Å². The van der Waals surface area contributed by atoms with Gasteiger partial charge in [-0.25, -0.2) is 4.39 Å². The van der Waals surface area contributed by atoms with Gasteiger partial charge in [-0.3, -0.25) is 0 Å². The molecule has 0 amide bonds. The number of allylic oxidation sites excluding steroid dienone is 1. The summed E-state index contributed by atoms with van der Waals surface area (Å²) in [5.41, 5.74) is 2.33. The normalized spacial score (nSPS) is 12.4. The average Bonchev–Trinajstić information content (AvgIpc) is 2.25. The highest BCUT2D eigenvalue weighted by molar-refractivity contribution is 5.20. The lowest BCUT2D eigenvalue weighted by molar-refractivity contribution is 0.513. The van der Waals surface area contributed by atoms with Crippen LogP contribution in [-0.4, -0.2) is 6.54 Å². The topological polar surface area (TPSA) is 12.0 Å². The van der Waals surface area contributed by atoms with Crippen molar-refractivity contribution >= 4 is 0 Å². The standard InChI is InChI=1S/C14H20FN/c1-4-16-14(10-5-11(2)3)12-6-8-13(15)9-7-12/h6-9,14,16H,2,4-5,10H2,1,3H3. The Morgan fingerprint density at radius 1 is 1.38 bits per heavy atom. The minimum Gasteiger partial charge on any atom is -0.310 e. The third-order valence-electron chi connectivity index (χ3n) is 2.58. The summed E-state index contributed by atoms with van der Waals surface area (Å²) in [5, 5.41) is 3.41. The highest BCUT2D eigenvalue weighted by Crippen LogP contribution is 2.20. The summed E-state index contributed by atoms with van der Waals surface area (Å²) in [6, 6.07) is 7.02. The minimum atomic E-state index is -0.182. The molecule has 1 N–H and O–H groups in total. The lowest BCUT2D eigenvalue weighted by Crippen LogP contribution is -2.20. The van der Waals surface area contributed by atoms with E-state index in [1.807, 2.05) is 19.1 Å². The van der Waals surface area contributed by atoms with Gasteiger partial charge in [-0.05, 0) is 44.0 Å². The van der Waals surface area contributed by atoms with Gasteiger partial charge in [-0.15, -0.1) is 6.58 Å². The Labute approximate surface area is 97.4 Å². The third kappa shape index (κ3) is 4.15. The monoisotopic (exact) mass is 221 g/mol. The van der Waals surface area contributed by atoms with Gasteiger partial charge in [0.1, 0.15) is 5.82 Å². The predicted octanol–water partition coefficient (Wildman–Crippen LogP) is 3.83. The van der Waals surface area contributed by atoms with Crippen molar-refractivity contribution in [2.45, 2.75) is 32.7 Å². The number of hydrogen-bond donors (Lipinski definition) is 1. The van der Waals surface area contributed by atoms with Gasteiger partial charge in [-0.1, -0.05) is 24.6 Å². The molecule has 1 nitrogen and oxygen atoms in total. The molecule has 0 fully saturated rings. The predicted molar refractivity (Wildman–Crippen MR) is 66.9 cm³/mol. The molecule has 1 unspecified atom stereocenters. The van der Waals surface area contributed by atoms with Crippen LogP contribution in [0.3, 0.4) is 0 Å². The van der Waals surface area contributed by atoms with E-state index in [4.69, 9.17) is 0 Å². The third-order valence-corrected chi connectivity index (χ3v) is 2.58. The summed E-state index contributed by atoms with van der Waals surface area (Å²) >= 11 is 0. The summed E-state index contributed by atoms with van der Waals surface area (Å²) in [6.45, 7) is 8.94. The van der Waals surface area contributed by atoms with E-state index in [1.54, 1.807) is 0 Å². The SMILES string of the molecule is C=C(C)CCC(NCC)c1ccc(F)cc1. The summed E-state index contributed by atoms with van der Waals surface area (Å²) in [4.78, 5) is 0. The molecule has 0 saturated carbocycles. The van der Waals surface area contributed by atoms with Crippen LogP contribution in [0, 0.1) is 5.82 Å². The molecule has 0 bridgehead atoms. The molecule has 1 aromatic rings. The van der Waals surface area contributed by atoms with Crippen molar-refractivity contribution in [1.29, 1.82) is 0 Å². The molecule has 0 aliphatic heterocycles. The van der Waals surface area contributed by atoms with Crippen LogP contribution in [0.25, 0.3) is 0 Å². The fourth-order valence-corrected chi connectivity index (χ4v) is 1.72. The molecule has 0 aromatic heterocycles. The zero-order chi connectivity index (χ0) is 12.0. The molecule has 0 heterocycles. The molecule has 1 rings (SSSR count). The summed E-state index contributed by atoms with van der Waals surface area (Å²) in [5.74, 6) is -0.182. The van der Waals surface area contributed by atoms with E-state index in [1.165, 1.54) is 17.7 Å². The van der Waals surface area contributed by atoms with Crippen molar-refractivity contribution in [2.75, 3.05) is 6.54 Å². The molecule has 0 radical (unpaired) electrons. The Kier molecular flexibility index (Phi) is 5.20. The van der Waals surface area contributed by atoms with E-state index < -0.39 is 0 Å². The van der Waals surface area contributed by atoms with Gasteiger partial charge in [-0.2, -0.15) is 0 Å². The molecule has 16 heavy (non-hydrogen) atoms. The van der Waals surface area contributed by atoms with E-state index in [9.17, 15) is 4.39 Å².